The minimum absolute atomic E-state index is 0.0195. The number of aryl methyl sites for hydroxylation is 2. The van der Waals surface area contributed by atoms with Gasteiger partial charge in [0.2, 0.25) is 0 Å². The molecule has 0 aliphatic carbocycles. The highest BCUT2D eigenvalue weighted by atomic mass is 19.1. The van der Waals surface area contributed by atoms with Crippen LogP contribution in [0.4, 0.5) is 30.4 Å². The first-order valence-electron chi connectivity index (χ1n) is 8.01. The fourth-order valence-corrected chi connectivity index (χ4v) is 2.89. The molecule has 0 saturated heterocycles. The van der Waals surface area contributed by atoms with E-state index < -0.39 is 33.7 Å². The number of nitro groups is 1. The van der Waals surface area contributed by atoms with Gasteiger partial charge in [0.15, 0.2) is 11.5 Å². The molecular weight excluding hydrogens is 377 g/mol. The molecule has 28 heavy (non-hydrogen) atoms. The summed E-state index contributed by atoms with van der Waals surface area (Å²) in [6.07, 6.45) is 0. The van der Waals surface area contributed by atoms with E-state index in [-0.39, 0.29) is 22.7 Å². The van der Waals surface area contributed by atoms with Crippen LogP contribution >= 0.6 is 0 Å². The van der Waals surface area contributed by atoms with Crippen LogP contribution in [-0.2, 0) is 7.05 Å². The van der Waals surface area contributed by atoms with Crippen molar-refractivity contribution in [3.05, 3.63) is 63.6 Å². The second-order valence-electron chi connectivity index (χ2n) is 5.94. The van der Waals surface area contributed by atoms with E-state index in [1.807, 2.05) is 0 Å². The number of ether oxygens (including phenoxy) is 1. The first kappa shape index (κ1) is 19.2. The van der Waals surface area contributed by atoms with Crippen molar-refractivity contribution in [1.82, 2.24) is 9.78 Å². The molecular formula is C18H15F3N4O3. The van der Waals surface area contributed by atoms with Crippen molar-refractivity contribution in [2.45, 2.75) is 6.92 Å². The molecule has 0 saturated carbocycles. The molecule has 1 aromatic heterocycles. The summed E-state index contributed by atoms with van der Waals surface area (Å²) >= 11 is 0. The van der Waals surface area contributed by atoms with Crippen LogP contribution in [0.2, 0.25) is 0 Å². The average Bonchev–Trinajstić information content (AvgIpc) is 2.89. The lowest BCUT2D eigenvalue weighted by molar-refractivity contribution is -0.384. The van der Waals surface area contributed by atoms with Crippen molar-refractivity contribution in [3.63, 3.8) is 0 Å². The quantitative estimate of drug-likeness (QED) is 0.512. The zero-order valence-electron chi connectivity index (χ0n) is 15.1. The standard InChI is InChI=1S/C18H15F3N4O3/c1-9-16(12-5-4-10(19)6-13(12)20)18(24(2)23-9)22-17-14(21)7-11(28-3)8-15(17)25(26)27/h4-8,22H,1-3H3. The van der Waals surface area contributed by atoms with Gasteiger partial charge in [-0.15, -0.1) is 0 Å². The van der Waals surface area contributed by atoms with Gasteiger partial charge in [-0.25, -0.2) is 13.2 Å². The number of hydrogen-bond donors (Lipinski definition) is 1. The maximum Gasteiger partial charge on any atom is 0.299 e. The molecule has 0 aliphatic heterocycles. The lowest BCUT2D eigenvalue weighted by atomic mass is 10.0. The number of nitro benzene ring substituents is 1. The zero-order chi connectivity index (χ0) is 20.6. The van der Waals surface area contributed by atoms with Crippen LogP contribution in [-0.4, -0.2) is 21.8 Å². The lowest BCUT2D eigenvalue weighted by Crippen LogP contribution is -2.05. The third kappa shape index (κ3) is 3.36. The van der Waals surface area contributed by atoms with Crippen LogP contribution in [0.15, 0.2) is 30.3 Å². The molecule has 10 heteroatoms. The first-order chi connectivity index (χ1) is 13.2. The summed E-state index contributed by atoms with van der Waals surface area (Å²) in [6.45, 7) is 1.59. The van der Waals surface area contributed by atoms with Crippen molar-refractivity contribution < 1.29 is 22.8 Å². The maximum absolute atomic E-state index is 14.5. The molecule has 0 bridgehead atoms. The molecule has 0 atom stereocenters. The number of methoxy groups -OCH3 is 1. The number of nitrogens with one attached hydrogen (secondary N) is 1. The first-order valence-corrected chi connectivity index (χ1v) is 8.01. The number of anilines is 2. The SMILES string of the molecule is COc1cc(F)c(Nc2c(-c3ccc(F)cc3F)c(C)nn2C)c([N+](=O)[O-])c1. The van der Waals surface area contributed by atoms with Gasteiger partial charge in [-0.2, -0.15) is 5.10 Å². The molecule has 0 fully saturated rings. The summed E-state index contributed by atoms with van der Waals surface area (Å²) in [4.78, 5) is 10.6. The Hall–Kier alpha value is -3.56. The van der Waals surface area contributed by atoms with E-state index >= 15 is 0 Å². The second-order valence-corrected chi connectivity index (χ2v) is 5.94. The zero-order valence-corrected chi connectivity index (χ0v) is 15.1. The Labute approximate surface area is 157 Å². The lowest BCUT2D eigenvalue weighted by Gasteiger charge is -2.13. The van der Waals surface area contributed by atoms with E-state index in [4.69, 9.17) is 4.74 Å². The number of benzene rings is 2. The molecule has 0 unspecified atom stereocenters. The van der Waals surface area contributed by atoms with Crippen molar-refractivity contribution >= 4 is 17.2 Å². The van der Waals surface area contributed by atoms with E-state index in [1.165, 1.54) is 24.9 Å². The van der Waals surface area contributed by atoms with E-state index in [9.17, 15) is 23.3 Å². The van der Waals surface area contributed by atoms with Crippen molar-refractivity contribution in [2.75, 3.05) is 12.4 Å². The number of rotatable bonds is 5. The van der Waals surface area contributed by atoms with Gasteiger partial charge in [-0.05, 0) is 19.1 Å². The van der Waals surface area contributed by atoms with Gasteiger partial charge in [0.05, 0.1) is 29.4 Å². The Balaban J connectivity index is 2.19. The molecule has 0 radical (unpaired) electrons. The van der Waals surface area contributed by atoms with Gasteiger partial charge in [0.1, 0.15) is 23.2 Å². The molecule has 1 N–H and O–H groups in total. The Kier molecular flexibility index (Phi) is 4.95. The summed E-state index contributed by atoms with van der Waals surface area (Å²) in [5.74, 6) is -2.45. The van der Waals surface area contributed by atoms with E-state index in [2.05, 4.69) is 10.4 Å². The van der Waals surface area contributed by atoms with Gasteiger partial charge >= 0.3 is 0 Å². The summed E-state index contributed by atoms with van der Waals surface area (Å²) in [7, 11) is 2.76. The van der Waals surface area contributed by atoms with Crippen LogP contribution < -0.4 is 10.1 Å². The minimum Gasteiger partial charge on any atom is -0.496 e. The van der Waals surface area contributed by atoms with E-state index in [0.717, 1.165) is 18.2 Å². The molecule has 0 aliphatic rings. The van der Waals surface area contributed by atoms with Crippen LogP contribution in [0.3, 0.4) is 0 Å². The molecule has 0 amide bonds. The van der Waals surface area contributed by atoms with Gasteiger partial charge in [-0.3, -0.25) is 14.8 Å². The Morgan fingerprint density at radius 1 is 1.18 bits per heavy atom. The molecule has 3 rings (SSSR count). The van der Waals surface area contributed by atoms with Crippen molar-refractivity contribution in [1.29, 1.82) is 0 Å². The van der Waals surface area contributed by atoms with Crippen LogP contribution in [0.25, 0.3) is 11.1 Å². The van der Waals surface area contributed by atoms with Gasteiger partial charge in [0, 0.05) is 24.7 Å². The Morgan fingerprint density at radius 3 is 2.50 bits per heavy atom. The highest BCUT2D eigenvalue weighted by molar-refractivity contribution is 5.83. The van der Waals surface area contributed by atoms with Gasteiger partial charge in [-0.1, -0.05) is 0 Å². The van der Waals surface area contributed by atoms with Gasteiger partial charge in [0.25, 0.3) is 5.69 Å². The van der Waals surface area contributed by atoms with Crippen LogP contribution in [0.1, 0.15) is 5.69 Å². The average molecular weight is 392 g/mol. The minimum atomic E-state index is -0.935. The number of aromatic nitrogens is 2. The number of nitrogens with zero attached hydrogens (tertiary/aromatic N) is 3. The van der Waals surface area contributed by atoms with Crippen LogP contribution in [0.5, 0.6) is 5.75 Å². The van der Waals surface area contributed by atoms with E-state index in [1.54, 1.807) is 6.92 Å². The third-order valence-electron chi connectivity index (χ3n) is 4.14. The molecule has 2 aromatic carbocycles. The fourth-order valence-electron chi connectivity index (χ4n) is 2.89. The molecule has 146 valence electrons. The largest absolute Gasteiger partial charge is 0.496 e. The van der Waals surface area contributed by atoms with Gasteiger partial charge < -0.3 is 10.1 Å². The van der Waals surface area contributed by atoms with E-state index in [0.29, 0.717) is 11.8 Å². The molecule has 0 spiro atoms. The summed E-state index contributed by atoms with van der Waals surface area (Å²) in [5, 5.41) is 18.2. The number of halogens is 3. The Bertz CT molecular complexity index is 1080. The molecule has 3 aromatic rings. The molecule has 1 heterocycles. The smallest absolute Gasteiger partial charge is 0.299 e. The highest BCUT2D eigenvalue weighted by Crippen LogP contribution is 2.39. The fraction of sp³-hybridized carbons (Fsp3) is 0.167. The predicted octanol–water partition coefficient (Wildman–Crippen LogP) is 4.47. The second kappa shape index (κ2) is 7.22. The number of hydrogen-bond acceptors (Lipinski definition) is 5. The monoisotopic (exact) mass is 392 g/mol. The summed E-state index contributed by atoms with van der Waals surface area (Å²) < 4.78 is 48.3. The van der Waals surface area contributed by atoms with Crippen molar-refractivity contribution in [2.24, 2.45) is 7.05 Å². The molecule has 7 nitrogen and oxygen atoms in total. The maximum atomic E-state index is 14.5. The van der Waals surface area contributed by atoms with Crippen molar-refractivity contribution in [3.8, 4) is 16.9 Å². The topological polar surface area (TPSA) is 82.2 Å². The van der Waals surface area contributed by atoms with Crippen LogP contribution in [0, 0.1) is 34.5 Å². The normalized spacial score (nSPS) is 10.8. The Morgan fingerprint density at radius 2 is 1.89 bits per heavy atom. The third-order valence-corrected chi connectivity index (χ3v) is 4.14. The predicted molar refractivity (Wildman–Crippen MR) is 96.2 cm³/mol. The summed E-state index contributed by atoms with van der Waals surface area (Å²) in [5.41, 5.74) is -0.388. The highest BCUT2D eigenvalue weighted by Gasteiger charge is 2.25. The summed E-state index contributed by atoms with van der Waals surface area (Å²) in [6, 6.07) is 5.05.